The van der Waals surface area contributed by atoms with Crippen LogP contribution in [0.4, 0.5) is 5.69 Å². The van der Waals surface area contributed by atoms with E-state index in [1.807, 2.05) is 0 Å². The first-order valence-electron chi connectivity index (χ1n) is 8.41. The fourth-order valence-electron chi connectivity index (χ4n) is 3.01. The highest BCUT2D eigenvalue weighted by atomic mass is 35.5. The topological polar surface area (TPSA) is 96.1 Å². The molecule has 1 aliphatic rings. The number of benzene rings is 2. The number of aromatic hydroxyl groups is 1. The second-order valence-electron chi connectivity index (χ2n) is 6.21. The third kappa shape index (κ3) is 3.93. The van der Waals surface area contributed by atoms with Crippen molar-refractivity contribution in [3.63, 3.8) is 0 Å². The number of nitrogens with zero attached hydrogens (tertiary/aromatic N) is 2. The van der Waals surface area contributed by atoms with Gasteiger partial charge in [-0.2, -0.15) is 0 Å². The lowest BCUT2D eigenvalue weighted by Crippen LogP contribution is -2.50. The molecule has 0 unspecified atom stereocenters. The maximum Gasteiger partial charge on any atom is 0.257 e. The van der Waals surface area contributed by atoms with E-state index in [1.165, 1.54) is 31.4 Å². The van der Waals surface area contributed by atoms with Crippen molar-refractivity contribution in [1.82, 2.24) is 9.80 Å². The average Bonchev–Trinajstić information content (AvgIpc) is 2.68. The minimum Gasteiger partial charge on any atom is -0.508 e. The van der Waals surface area contributed by atoms with Crippen molar-refractivity contribution in [2.24, 2.45) is 0 Å². The van der Waals surface area contributed by atoms with Crippen LogP contribution < -0.4 is 10.5 Å². The smallest absolute Gasteiger partial charge is 0.257 e. The summed E-state index contributed by atoms with van der Waals surface area (Å²) >= 11 is 6.05. The molecule has 0 saturated carbocycles. The summed E-state index contributed by atoms with van der Waals surface area (Å²) in [6.07, 6.45) is 0. The second-order valence-corrected chi connectivity index (χ2v) is 6.62. The lowest BCUT2D eigenvalue weighted by molar-refractivity contribution is 0.0533. The molecular formula is C19H20ClN3O4. The van der Waals surface area contributed by atoms with Gasteiger partial charge >= 0.3 is 0 Å². The van der Waals surface area contributed by atoms with E-state index in [4.69, 9.17) is 22.1 Å². The van der Waals surface area contributed by atoms with Gasteiger partial charge in [-0.15, -0.1) is 0 Å². The normalized spacial score (nSPS) is 14.1. The summed E-state index contributed by atoms with van der Waals surface area (Å²) < 4.78 is 5.25. The Morgan fingerprint density at radius 1 is 1.07 bits per heavy atom. The van der Waals surface area contributed by atoms with Gasteiger partial charge in [0.1, 0.15) is 11.5 Å². The molecule has 7 nitrogen and oxygen atoms in total. The van der Waals surface area contributed by atoms with Gasteiger partial charge in [0.2, 0.25) is 0 Å². The van der Waals surface area contributed by atoms with E-state index in [2.05, 4.69) is 0 Å². The summed E-state index contributed by atoms with van der Waals surface area (Å²) in [6.45, 7) is 1.56. The van der Waals surface area contributed by atoms with Crippen LogP contribution in [-0.2, 0) is 0 Å². The van der Waals surface area contributed by atoms with Crippen LogP contribution >= 0.6 is 11.6 Å². The number of anilines is 1. The molecule has 0 spiro atoms. The Morgan fingerprint density at radius 2 is 1.70 bits per heavy atom. The molecule has 1 fully saturated rings. The summed E-state index contributed by atoms with van der Waals surface area (Å²) in [4.78, 5) is 28.7. The molecule has 27 heavy (non-hydrogen) atoms. The predicted molar refractivity (Wildman–Crippen MR) is 102 cm³/mol. The van der Waals surface area contributed by atoms with E-state index in [0.717, 1.165) is 0 Å². The van der Waals surface area contributed by atoms with Gasteiger partial charge in [-0.1, -0.05) is 17.7 Å². The van der Waals surface area contributed by atoms with E-state index >= 15 is 0 Å². The molecule has 2 amide bonds. The van der Waals surface area contributed by atoms with Gasteiger partial charge in [-0.25, -0.2) is 0 Å². The molecule has 3 rings (SSSR count). The molecule has 2 aromatic rings. The zero-order valence-corrected chi connectivity index (χ0v) is 15.6. The molecule has 0 radical (unpaired) electrons. The molecule has 2 aromatic carbocycles. The van der Waals surface area contributed by atoms with Crippen molar-refractivity contribution in [2.75, 3.05) is 39.0 Å². The predicted octanol–water partition coefficient (Wildman–Crippen LogP) is 2.23. The molecular weight excluding hydrogens is 370 g/mol. The molecule has 1 heterocycles. The van der Waals surface area contributed by atoms with Crippen LogP contribution in [0.15, 0.2) is 36.4 Å². The van der Waals surface area contributed by atoms with Gasteiger partial charge < -0.3 is 25.4 Å². The minimum absolute atomic E-state index is 0.0435. The molecule has 1 saturated heterocycles. The molecule has 8 heteroatoms. The standard InChI is InChI=1S/C19H20ClN3O4/c1-27-17-11-16(21)15(20)10-14(17)19(26)23-7-5-22(6-8-23)18(25)12-3-2-4-13(24)9-12/h2-4,9-11,24H,5-8,21H2,1H3. The van der Waals surface area contributed by atoms with Gasteiger partial charge in [-0.3, -0.25) is 9.59 Å². The first-order chi connectivity index (χ1) is 12.9. The van der Waals surface area contributed by atoms with Crippen LogP contribution in [0, 0.1) is 0 Å². The summed E-state index contributed by atoms with van der Waals surface area (Å²) in [5.41, 5.74) is 6.86. The number of phenolic OH excluding ortho intramolecular Hbond substituents is 1. The number of rotatable bonds is 3. The quantitative estimate of drug-likeness (QED) is 0.785. The van der Waals surface area contributed by atoms with E-state index < -0.39 is 0 Å². The van der Waals surface area contributed by atoms with E-state index in [1.54, 1.807) is 21.9 Å². The Labute approximate surface area is 161 Å². The second kappa shape index (κ2) is 7.75. The monoisotopic (exact) mass is 389 g/mol. The molecule has 142 valence electrons. The minimum atomic E-state index is -0.224. The number of amides is 2. The first-order valence-corrected chi connectivity index (χ1v) is 8.79. The highest BCUT2D eigenvalue weighted by Crippen LogP contribution is 2.30. The van der Waals surface area contributed by atoms with Gasteiger partial charge in [0.25, 0.3) is 11.8 Å². The fraction of sp³-hybridized carbons (Fsp3) is 0.263. The molecule has 3 N–H and O–H groups in total. The zero-order valence-electron chi connectivity index (χ0n) is 14.8. The van der Waals surface area contributed by atoms with Crippen molar-refractivity contribution in [3.05, 3.63) is 52.5 Å². The first kappa shape index (κ1) is 18.8. The number of piperazine rings is 1. The molecule has 0 aromatic heterocycles. The van der Waals surface area contributed by atoms with Gasteiger partial charge in [0, 0.05) is 37.8 Å². The summed E-state index contributed by atoms with van der Waals surface area (Å²) in [7, 11) is 1.46. The number of phenols is 1. The third-order valence-corrected chi connectivity index (χ3v) is 4.82. The maximum atomic E-state index is 12.8. The number of carbonyl (C=O) groups is 2. The fourth-order valence-corrected chi connectivity index (χ4v) is 3.17. The Balaban J connectivity index is 1.70. The molecule has 0 bridgehead atoms. The van der Waals surface area contributed by atoms with Crippen molar-refractivity contribution in [3.8, 4) is 11.5 Å². The summed E-state index contributed by atoms with van der Waals surface area (Å²) in [6, 6.07) is 9.25. The number of ether oxygens (including phenoxy) is 1. The SMILES string of the molecule is COc1cc(N)c(Cl)cc1C(=O)N1CCN(C(=O)c2cccc(O)c2)CC1. The van der Waals surface area contributed by atoms with Crippen molar-refractivity contribution in [1.29, 1.82) is 0 Å². The number of carbonyl (C=O) groups excluding carboxylic acids is 2. The van der Waals surface area contributed by atoms with E-state index in [-0.39, 0.29) is 22.6 Å². The highest BCUT2D eigenvalue weighted by molar-refractivity contribution is 6.33. The maximum absolute atomic E-state index is 12.8. The lowest BCUT2D eigenvalue weighted by atomic mass is 10.1. The van der Waals surface area contributed by atoms with Crippen LogP contribution in [0.1, 0.15) is 20.7 Å². The Bertz CT molecular complexity index is 879. The van der Waals surface area contributed by atoms with Crippen LogP contribution in [0.2, 0.25) is 5.02 Å². The van der Waals surface area contributed by atoms with Crippen LogP contribution in [0.25, 0.3) is 0 Å². The zero-order chi connectivity index (χ0) is 19.6. The number of hydrogen-bond acceptors (Lipinski definition) is 5. The van der Waals surface area contributed by atoms with Gasteiger partial charge in [-0.05, 0) is 24.3 Å². The molecule has 1 aliphatic heterocycles. The van der Waals surface area contributed by atoms with Crippen LogP contribution in [0.5, 0.6) is 11.5 Å². The highest BCUT2D eigenvalue weighted by Gasteiger charge is 2.27. The summed E-state index contributed by atoms with van der Waals surface area (Å²) in [5, 5.41) is 9.83. The Hall–Kier alpha value is -2.93. The van der Waals surface area contributed by atoms with E-state index in [0.29, 0.717) is 48.7 Å². The number of halogens is 1. The average molecular weight is 390 g/mol. The number of hydrogen-bond donors (Lipinski definition) is 2. The van der Waals surface area contributed by atoms with Gasteiger partial charge in [0.05, 0.1) is 23.4 Å². The molecule has 0 atom stereocenters. The molecule has 0 aliphatic carbocycles. The van der Waals surface area contributed by atoms with Crippen LogP contribution in [0.3, 0.4) is 0 Å². The van der Waals surface area contributed by atoms with Crippen LogP contribution in [-0.4, -0.2) is 60.0 Å². The van der Waals surface area contributed by atoms with Crippen molar-refractivity contribution in [2.45, 2.75) is 0 Å². The summed E-state index contributed by atoms with van der Waals surface area (Å²) in [5.74, 6) is 0.00599. The number of nitrogen functional groups attached to an aromatic ring is 1. The number of methoxy groups -OCH3 is 1. The lowest BCUT2D eigenvalue weighted by Gasteiger charge is -2.35. The third-order valence-electron chi connectivity index (χ3n) is 4.50. The van der Waals surface area contributed by atoms with Gasteiger partial charge in [0.15, 0.2) is 0 Å². The van der Waals surface area contributed by atoms with E-state index in [9.17, 15) is 14.7 Å². The van der Waals surface area contributed by atoms with Crippen molar-refractivity contribution >= 4 is 29.1 Å². The Kier molecular flexibility index (Phi) is 5.41. The Morgan fingerprint density at radius 3 is 2.30 bits per heavy atom. The number of nitrogens with two attached hydrogens (primary N) is 1. The largest absolute Gasteiger partial charge is 0.508 e. The van der Waals surface area contributed by atoms with Crippen molar-refractivity contribution < 1.29 is 19.4 Å².